The summed E-state index contributed by atoms with van der Waals surface area (Å²) in [6, 6.07) is 0.102. The number of aromatic nitrogens is 1. The number of rotatable bonds is 2. The van der Waals surface area contributed by atoms with Crippen LogP contribution in [0.1, 0.15) is 49.3 Å². The molecule has 0 aliphatic carbocycles. The SMILES string of the molecule is Cc1nc(C)c(C(C)N=C(N)C(C)(C)C)s1. The van der Waals surface area contributed by atoms with Crippen molar-refractivity contribution in [3.8, 4) is 0 Å². The second kappa shape index (κ2) is 4.53. The van der Waals surface area contributed by atoms with Crippen molar-refractivity contribution in [2.75, 3.05) is 0 Å². The Morgan fingerprint density at radius 2 is 1.94 bits per heavy atom. The average Bonchev–Trinajstić information content (AvgIpc) is 2.43. The van der Waals surface area contributed by atoms with E-state index in [-0.39, 0.29) is 11.5 Å². The van der Waals surface area contributed by atoms with Crippen molar-refractivity contribution in [1.82, 2.24) is 4.98 Å². The van der Waals surface area contributed by atoms with E-state index in [2.05, 4.69) is 37.7 Å². The summed E-state index contributed by atoms with van der Waals surface area (Å²) < 4.78 is 0. The minimum absolute atomic E-state index is 0.0676. The smallest absolute Gasteiger partial charge is 0.0999 e. The van der Waals surface area contributed by atoms with Gasteiger partial charge < -0.3 is 5.73 Å². The van der Waals surface area contributed by atoms with Crippen molar-refractivity contribution in [3.63, 3.8) is 0 Å². The number of hydrogen-bond donors (Lipinski definition) is 1. The lowest BCUT2D eigenvalue weighted by molar-refractivity contribution is 0.576. The van der Waals surface area contributed by atoms with Crippen molar-refractivity contribution >= 4 is 17.2 Å². The van der Waals surface area contributed by atoms with Gasteiger partial charge in [0, 0.05) is 5.41 Å². The van der Waals surface area contributed by atoms with Crippen LogP contribution in [-0.2, 0) is 0 Å². The lowest BCUT2D eigenvalue weighted by Gasteiger charge is -2.19. The van der Waals surface area contributed by atoms with E-state index in [4.69, 9.17) is 5.73 Å². The highest BCUT2D eigenvalue weighted by atomic mass is 32.1. The van der Waals surface area contributed by atoms with Gasteiger partial charge in [-0.3, -0.25) is 4.99 Å². The lowest BCUT2D eigenvalue weighted by Crippen LogP contribution is -2.29. The topological polar surface area (TPSA) is 51.3 Å². The van der Waals surface area contributed by atoms with Gasteiger partial charge >= 0.3 is 0 Å². The van der Waals surface area contributed by atoms with Gasteiger partial charge in [-0.2, -0.15) is 0 Å². The van der Waals surface area contributed by atoms with Gasteiger partial charge in [-0.05, 0) is 20.8 Å². The predicted molar refractivity (Wildman–Crippen MR) is 71.1 cm³/mol. The standard InChI is InChI=1S/C12H21N3S/c1-7-10(16-9(3)14-7)8(2)15-11(13)12(4,5)6/h8H,1-6H3,(H2,13,15). The number of hydrogen-bond acceptors (Lipinski definition) is 3. The summed E-state index contributed by atoms with van der Waals surface area (Å²) in [5.41, 5.74) is 6.98. The molecule has 1 unspecified atom stereocenters. The Morgan fingerprint density at radius 1 is 1.38 bits per heavy atom. The molecule has 0 aliphatic rings. The number of aliphatic imine (C=N–C) groups is 1. The van der Waals surface area contributed by atoms with Gasteiger partial charge in [0.2, 0.25) is 0 Å². The molecule has 0 saturated carbocycles. The summed E-state index contributed by atoms with van der Waals surface area (Å²) in [4.78, 5) is 10.2. The Hall–Kier alpha value is -0.900. The van der Waals surface area contributed by atoms with E-state index < -0.39 is 0 Å². The number of amidine groups is 1. The van der Waals surface area contributed by atoms with Crippen LogP contribution >= 0.6 is 11.3 Å². The van der Waals surface area contributed by atoms with E-state index in [0.29, 0.717) is 5.84 Å². The van der Waals surface area contributed by atoms with E-state index in [0.717, 1.165) is 10.7 Å². The molecule has 1 aromatic heterocycles. The predicted octanol–water partition coefficient (Wildman–Crippen LogP) is 3.22. The second-order valence-corrected chi connectivity index (χ2v) is 6.36. The van der Waals surface area contributed by atoms with Crippen LogP contribution in [0.4, 0.5) is 0 Å². The zero-order chi connectivity index (χ0) is 12.5. The zero-order valence-corrected chi connectivity index (χ0v) is 11.8. The molecule has 1 aromatic rings. The van der Waals surface area contributed by atoms with Gasteiger partial charge in [0.1, 0.15) is 0 Å². The monoisotopic (exact) mass is 239 g/mol. The minimum Gasteiger partial charge on any atom is -0.387 e. The molecule has 0 aromatic carbocycles. The van der Waals surface area contributed by atoms with Gasteiger partial charge in [0.15, 0.2) is 0 Å². The van der Waals surface area contributed by atoms with Crippen molar-refractivity contribution in [1.29, 1.82) is 0 Å². The van der Waals surface area contributed by atoms with Crippen LogP contribution in [0.2, 0.25) is 0 Å². The van der Waals surface area contributed by atoms with E-state index >= 15 is 0 Å². The van der Waals surface area contributed by atoms with Crippen LogP contribution in [0, 0.1) is 19.3 Å². The molecule has 0 bridgehead atoms. The van der Waals surface area contributed by atoms with Crippen LogP contribution in [0.3, 0.4) is 0 Å². The van der Waals surface area contributed by atoms with Crippen molar-refractivity contribution in [3.05, 3.63) is 15.6 Å². The number of aryl methyl sites for hydroxylation is 2. The highest BCUT2D eigenvalue weighted by molar-refractivity contribution is 7.11. The van der Waals surface area contributed by atoms with E-state index in [1.54, 1.807) is 11.3 Å². The van der Waals surface area contributed by atoms with Gasteiger partial charge in [-0.25, -0.2) is 4.98 Å². The molecule has 1 atom stereocenters. The third-order valence-corrected chi connectivity index (χ3v) is 3.66. The lowest BCUT2D eigenvalue weighted by atomic mass is 9.95. The number of nitrogens with two attached hydrogens (primary N) is 1. The first-order chi connectivity index (χ1) is 7.21. The fourth-order valence-corrected chi connectivity index (χ4v) is 2.31. The summed E-state index contributed by atoms with van der Waals surface area (Å²) in [6.07, 6.45) is 0. The molecular weight excluding hydrogens is 218 g/mol. The van der Waals surface area contributed by atoms with Gasteiger partial charge in [-0.15, -0.1) is 11.3 Å². The second-order valence-electron chi connectivity index (χ2n) is 5.12. The summed E-state index contributed by atoms with van der Waals surface area (Å²) in [7, 11) is 0. The molecule has 0 fully saturated rings. The van der Waals surface area contributed by atoms with Crippen molar-refractivity contribution in [2.45, 2.75) is 47.6 Å². The Balaban J connectivity index is 2.96. The Morgan fingerprint density at radius 3 is 2.31 bits per heavy atom. The molecule has 0 spiro atoms. The molecule has 0 amide bonds. The Bertz CT molecular complexity index is 399. The van der Waals surface area contributed by atoms with E-state index in [1.165, 1.54) is 4.88 Å². The van der Waals surface area contributed by atoms with Crippen LogP contribution in [0.5, 0.6) is 0 Å². The number of thiazole rings is 1. The van der Waals surface area contributed by atoms with Crippen molar-refractivity contribution in [2.24, 2.45) is 16.1 Å². The summed E-state index contributed by atoms with van der Waals surface area (Å²) in [5.74, 6) is 0.699. The number of nitrogens with zero attached hydrogens (tertiary/aromatic N) is 2. The van der Waals surface area contributed by atoms with Gasteiger partial charge in [-0.1, -0.05) is 20.8 Å². The largest absolute Gasteiger partial charge is 0.387 e. The van der Waals surface area contributed by atoms with E-state index in [1.807, 2.05) is 13.8 Å². The third kappa shape index (κ3) is 3.04. The molecule has 0 radical (unpaired) electrons. The van der Waals surface area contributed by atoms with Gasteiger partial charge in [0.05, 0.1) is 27.5 Å². The molecule has 16 heavy (non-hydrogen) atoms. The molecule has 3 nitrogen and oxygen atoms in total. The van der Waals surface area contributed by atoms with Crippen LogP contribution in [-0.4, -0.2) is 10.8 Å². The maximum atomic E-state index is 5.98. The fraction of sp³-hybridized carbons (Fsp3) is 0.667. The molecule has 2 N–H and O–H groups in total. The maximum Gasteiger partial charge on any atom is 0.0999 e. The highest BCUT2D eigenvalue weighted by Crippen LogP contribution is 2.28. The molecule has 1 heterocycles. The van der Waals surface area contributed by atoms with E-state index in [9.17, 15) is 0 Å². The molecule has 0 saturated heterocycles. The normalized spacial score (nSPS) is 15.2. The maximum absolute atomic E-state index is 5.98. The summed E-state index contributed by atoms with van der Waals surface area (Å²) in [5, 5.41) is 1.09. The average molecular weight is 239 g/mol. The van der Waals surface area contributed by atoms with Crippen LogP contribution in [0.15, 0.2) is 4.99 Å². The van der Waals surface area contributed by atoms with Gasteiger partial charge in [0.25, 0.3) is 0 Å². The van der Waals surface area contributed by atoms with Crippen LogP contribution < -0.4 is 5.73 Å². The van der Waals surface area contributed by atoms with Crippen molar-refractivity contribution < 1.29 is 0 Å². The molecule has 90 valence electrons. The summed E-state index contributed by atoms with van der Waals surface area (Å²) >= 11 is 1.70. The Labute approximate surface area is 102 Å². The summed E-state index contributed by atoms with van der Waals surface area (Å²) in [6.45, 7) is 12.3. The van der Waals surface area contributed by atoms with Crippen LogP contribution in [0.25, 0.3) is 0 Å². The molecule has 1 rings (SSSR count). The fourth-order valence-electron chi connectivity index (χ4n) is 1.40. The zero-order valence-electron chi connectivity index (χ0n) is 11.0. The quantitative estimate of drug-likeness (QED) is 0.636. The molecule has 4 heteroatoms. The highest BCUT2D eigenvalue weighted by Gasteiger charge is 2.18. The first-order valence-electron chi connectivity index (χ1n) is 5.49. The third-order valence-electron chi connectivity index (χ3n) is 2.42. The minimum atomic E-state index is -0.0676. The first-order valence-corrected chi connectivity index (χ1v) is 6.31. The molecular formula is C12H21N3S. The Kier molecular flexibility index (Phi) is 3.73. The molecule has 0 aliphatic heterocycles. The first kappa shape index (κ1) is 13.2.